The number of carboxylic acid groups (broad SMARTS) is 1. The Morgan fingerprint density at radius 2 is 1.63 bits per heavy atom. The highest BCUT2D eigenvalue weighted by Gasteiger charge is 2.26. The molecule has 0 bridgehead atoms. The van der Waals surface area contributed by atoms with Crippen molar-refractivity contribution in [1.29, 1.82) is 5.41 Å². The van der Waals surface area contributed by atoms with E-state index in [2.05, 4.69) is 16.0 Å². The smallest absolute Gasteiger partial charge is 0.409 e. The Labute approximate surface area is 202 Å². The topological polar surface area (TPSA) is 159 Å². The van der Waals surface area contributed by atoms with Crippen LogP contribution in [0, 0.1) is 5.41 Å². The molecule has 0 saturated carbocycles. The van der Waals surface area contributed by atoms with E-state index in [4.69, 9.17) is 20.6 Å². The third-order valence-electron chi connectivity index (χ3n) is 5.19. The van der Waals surface area contributed by atoms with Crippen LogP contribution in [0.25, 0.3) is 0 Å². The summed E-state index contributed by atoms with van der Waals surface area (Å²) in [6, 6.07) is 18.1. The summed E-state index contributed by atoms with van der Waals surface area (Å²) in [6.45, 7) is 0.274. The maximum atomic E-state index is 13.4. The van der Waals surface area contributed by atoms with Gasteiger partial charge in [0.2, 0.25) is 5.91 Å². The second-order valence-corrected chi connectivity index (χ2v) is 7.50. The molecule has 10 nitrogen and oxygen atoms in total. The van der Waals surface area contributed by atoms with Crippen molar-refractivity contribution in [2.24, 2.45) is 5.73 Å². The van der Waals surface area contributed by atoms with Crippen molar-refractivity contribution in [1.82, 2.24) is 5.32 Å². The van der Waals surface area contributed by atoms with E-state index in [-0.39, 0.29) is 18.1 Å². The molecule has 3 rings (SSSR count). The lowest BCUT2D eigenvalue weighted by Gasteiger charge is -2.24. The maximum Gasteiger partial charge on any atom is 0.409 e. The first-order valence-corrected chi connectivity index (χ1v) is 10.6. The van der Waals surface area contributed by atoms with E-state index in [0.717, 1.165) is 5.56 Å². The minimum Gasteiger partial charge on any atom is -0.493 e. The minimum absolute atomic E-state index is 0.0819. The van der Waals surface area contributed by atoms with Crippen molar-refractivity contribution in [2.45, 2.75) is 12.6 Å². The molecular formula is C25H27N5O5. The number of methoxy groups -OCH3 is 2. The van der Waals surface area contributed by atoms with Gasteiger partial charge in [-0.3, -0.25) is 15.5 Å². The summed E-state index contributed by atoms with van der Waals surface area (Å²) in [5, 5.41) is 25.3. The minimum atomic E-state index is -1.30. The first kappa shape index (κ1) is 24.9. The maximum absolute atomic E-state index is 13.4. The number of nitrogens with one attached hydrogen (secondary N) is 4. The number of nitrogens with two attached hydrogens (primary N) is 1. The standard InChI is InChI=1S/C25H27N5O5/c1-34-20-12-18(19(30-25(32)33)13-21(20)35-2)22(24(31)28-14-15-6-4-3-5-7-15)29-17-10-8-16(9-11-17)23(26)27/h3-13,22,29-30H,14H2,1-2H3,(H3,26,27)(H,28,31)(H,32,33). The Hall–Kier alpha value is -4.73. The lowest BCUT2D eigenvalue weighted by molar-refractivity contribution is -0.122. The first-order valence-electron chi connectivity index (χ1n) is 10.6. The van der Waals surface area contributed by atoms with Gasteiger partial charge in [-0.2, -0.15) is 0 Å². The quantitative estimate of drug-likeness (QED) is 0.192. The third-order valence-corrected chi connectivity index (χ3v) is 5.19. The fraction of sp³-hybridized carbons (Fsp3) is 0.160. The SMILES string of the molecule is COc1cc(NC(=O)O)c(C(Nc2ccc(C(=N)N)cc2)C(=O)NCc2ccccc2)cc1OC. The predicted octanol–water partition coefficient (Wildman–Crippen LogP) is 3.55. The molecule has 1 unspecified atom stereocenters. The monoisotopic (exact) mass is 477 g/mol. The van der Waals surface area contributed by atoms with Crippen LogP contribution in [0.3, 0.4) is 0 Å². The largest absolute Gasteiger partial charge is 0.493 e. The lowest BCUT2D eigenvalue weighted by Crippen LogP contribution is -2.34. The number of carbonyl (C=O) groups is 2. The number of rotatable bonds is 10. The summed E-state index contributed by atoms with van der Waals surface area (Å²) < 4.78 is 10.7. The molecule has 0 aromatic heterocycles. The van der Waals surface area contributed by atoms with E-state index in [0.29, 0.717) is 28.3 Å². The molecule has 10 heteroatoms. The summed E-state index contributed by atoms with van der Waals surface area (Å²) in [6.07, 6.45) is -1.30. The molecule has 0 spiro atoms. The van der Waals surface area contributed by atoms with Gasteiger partial charge in [-0.05, 0) is 35.9 Å². The molecule has 0 aliphatic rings. The highest BCUT2D eigenvalue weighted by molar-refractivity contribution is 5.95. The van der Waals surface area contributed by atoms with Gasteiger partial charge in [0.15, 0.2) is 11.5 Å². The third kappa shape index (κ3) is 6.41. The summed E-state index contributed by atoms with van der Waals surface area (Å²) >= 11 is 0. The van der Waals surface area contributed by atoms with Crippen molar-refractivity contribution in [3.8, 4) is 11.5 Å². The van der Waals surface area contributed by atoms with Gasteiger partial charge in [0, 0.05) is 29.4 Å². The van der Waals surface area contributed by atoms with Crippen molar-refractivity contribution >= 4 is 29.2 Å². The molecule has 0 heterocycles. The molecule has 7 N–H and O–H groups in total. The second kappa shape index (κ2) is 11.4. The summed E-state index contributed by atoms with van der Waals surface area (Å²) in [4.78, 5) is 24.9. The van der Waals surface area contributed by atoms with E-state index >= 15 is 0 Å². The van der Waals surface area contributed by atoms with Gasteiger partial charge >= 0.3 is 6.09 Å². The molecule has 35 heavy (non-hydrogen) atoms. The fourth-order valence-corrected chi connectivity index (χ4v) is 3.44. The lowest BCUT2D eigenvalue weighted by atomic mass is 10.0. The van der Waals surface area contributed by atoms with Crippen LogP contribution in [0.4, 0.5) is 16.2 Å². The zero-order valence-corrected chi connectivity index (χ0v) is 19.3. The number of hydrogen-bond acceptors (Lipinski definition) is 6. The second-order valence-electron chi connectivity index (χ2n) is 7.50. The number of anilines is 2. The van der Waals surface area contributed by atoms with Crippen molar-refractivity contribution in [2.75, 3.05) is 24.9 Å². The number of nitrogen functional groups attached to an aromatic ring is 1. The van der Waals surface area contributed by atoms with Crippen LogP contribution in [-0.4, -0.2) is 37.2 Å². The van der Waals surface area contributed by atoms with Gasteiger partial charge in [-0.1, -0.05) is 30.3 Å². The van der Waals surface area contributed by atoms with E-state index < -0.39 is 18.0 Å². The number of amidine groups is 1. The summed E-state index contributed by atoms with van der Waals surface area (Å²) in [7, 11) is 2.88. The highest BCUT2D eigenvalue weighted by Crippen LogP contribution is 2.37. The molecule has 0 aliphatic carbocycles. The van der Waals surface area contributed by atoms with Crippen LogP contribution in [0.2, 0.25) is 0 Å². The molecule has 0 fully saturated rings. The van der Waals surface area contributed by atoms with Crippen molar-refractivity contribution in [3.63, 3.8) is 0 Å². The zero-order valence-electron chi connectivity index (χ0n) is 19.3. The average molecular weight is 478 g/mol. The van der Waals surface area contributed by atoms with Gasteiger partial charge < -0.3 is 30.9 Å². The number of hydrogen-bond donors (Lipinski definition) is 6. The number of ether oxygens (including phenoxy) is 2. The molecule has 0 radical (unpaired) electrons. The van der Waals surface area contributed by atoms with Crippen LogP contribution in [0.5, 0.6) is 11.5 Å². The predicted molar refractivity (Wildman–Crippen MR) is 133 cm³/mol. The molecule has 182 valence electrons. The summed E-state index contributed by atoms with van der Waals surface area (Å²) in [5.74, 6) is 0.147. The van der Waals surface area contributed by atoms with Crippen LogP contribution >= 0.6 is 0 Å². The van der Waals surface area contributed by atoms with E-state index in [1.807, 2.05) is 30.3 Å². The highest BCUT2D eigenvalue weighted by atomic mass is 16.5. The Morgan fingerprint density at radius 1 is 1.00 bits per heavy atom. The van der Waals surface area contributed by atoms with Crippen LogP contribution in [-0.2, 0) is 11.3 Å². The summed E-state index contributed by atoms with van der Waals surface area (Å²) in [5.41, 5.74) is 8.01. The Balaban J connectivity index is 2.02. The van der Waals surface area contributed by atoms with Crippen molar-refractivity contribution < 1.29 is 24.2 Å². The molecule has 3 aromatic carbocycles. The van der Waals surface area contributed by atoms with E-state index in [1.165, 1.54) is 20.3 Å². The number of carbonyl (C=O) groups excluding carboxylic acids is 1. The van der Waals surface area contributed by atoms with Crippen LogP contribution < -0.4 is 31.2 Å². The average Bonchev–Trinajstić information content (AvgIpc) is 2.86. The molecule has 1 atom stereocenters. The first-order chi connectivity index (χ1) is 16.8. The molecule has 0 aliphatic heterocycles. The Morgan fingerprint density at radius 3 is 2.20 bits per heavy atom. The molecule has 0 saturated heterocycles. The van der Waals surface area contributed by atoms with Gasteiger partial charge in [0.05, 0.1) is 19.9 Å². The normalized spacial score (nSPS) is 11.1. The van der Waals surface area contributed by atoms with Crippen molar-refractivity contribution in [3.05, 3.63) is 83.4 Å². The van der Waals surface area contributed by atoms with Gasteiger partial charge in [0.25, 0.3) is 0 Å². The molecule has 3 aromatic rings. The molecular weight excluding hydrogens is 450 g/mol. The van der Waals surface area contributed by atoms with Gasteiger partial charge in [-0.15, -0.1) is 0 Å². The van der Waals surface area contributed by atoms with Gasteiger partial charge in [0.1, 0.15) is 11.9 Å². The van der Waals surface area contributed by atoms with E-state index in [9.17, 15) is 14.7 Å². The number of amides is 2. The molecule has 2 amide bonds. The Kier molecular flexibility index (Phi) is 8.12. The van der Waals surface area contributed by atoms with Crippen LogP contribution in [0.1, 0.15) is 22.7 Å². The number of benzene rings is 3. The van der Waals surface area contributed by atoms with Crippen LogP contribution in [0.15, 0.2) is 66.7 Å². The Bertz CT molecular complexity index is 1200. The van der Waals surface area contributed by atoms with Gasteiger partial charge in [-0.25, -0.2) is 4.79 Å². The zero-order chi connectivity index (χ0) is 25.4. The fourth-order valence-electron chi connectivity index (χ4n) is 3.44. The van der Waals surface area contributed by atoms with E-state index in [1.54, 1.807) is 30.3 Å².